The van der Waals surface area contributed by atoms with E-state index < -0.39 is 11.7 Å². The van der Waals surface area contributed by atoms with Gasteiger partial charge in [0, 0.05) is 41.6 Å². The van der Waals surface area contributed by atoms with E-state index in [9.17, 15) is 14.4 Å². The molecule has 0 fully saturated rings. The number of fused-ring (bicyclic) bond motifs is 2. The zero-order valence-electron chi connectivity index (χ0n) is 17.2. The Hall–Kier alpha value is -3.26. The number of hydrogen-bond donors (Lipinski definition) is 1. The number of hydrogen-bond acceptors (Lipinski definition) is 7. The molecule has 1 aliphatic rings. The number of benzene rings is 2. The van der Waals surface area contributed by atoms with Crippen molar-refractivity contribution in [2.45, 2.75) is 24.3 Å². The van der Waals surface area contributed by atoms with Crippen molar-refractivity contribution in [1.29, 1.82) is 0 Å². The van der Waals surface area contributed by atoms with Crippen molar-refractivity contribution >= 4 is 46.0 Å². The van der Waals surface area contributed by atoms with Crippen LogP contribution in [0.15, 0.2) is 62.6 Å². The molecule has 0 spiro atoms. The minimum Gasteiger partial charge on any atom is -0.467 e. The van der Waals surface area contributed by atoms with Gasteiger partial charge in [0.1, 0.15) is 11.6 Å². The topological polar surface area (TPSA) is 88.8 Å². The summed E-state index contributed by atoms with van der Waals surface area (Å²) in [5.74, 6) is -0.0426. The largest absolute Gasteiger partial charge is 0.467 e. The van der Waals surface area contributed by atoms with Crippen LogP contribution in [0.2, 0.25) is 0 Å². The molecule has 1 amide bonds. The Morgan fingerprint density at radius 2 is 2.00 bits per heavy atom. The van der Waals surface area contributed by atoms with Crippen LogP contribution in [0.3, 0.4) is 0 Å². The number of ether oxygens (including phenoxy) is 1. The third kappa shape index (κ3) is 4.44. The van der Waals surface area contributed by atoms with Crippen molar-refractivity contribution < 1.29 is 18.7 Å². The number of methoxy groups -OCH3 is 1. The van der Waals surface area contributed by atoms with Crippen molar-refractivity contribution in [1.82, 2.24) is 0 Å². The van der Waals surface area contributed by atoms with Crippen LogP contribution < -0.4 is 15.8 Å². The molecule has 2 aromatic carbocycles. The zero-order chi connectivity index (χ0) is 22.0. The van der Waals surface area contributed by atoms with Crippen LogP contribution in [-0.4, -0.2) is 37.3 Å². The molecule has 2 heterocycles. The normalized spacial score (nSPS) is 15.4. The molecule has 7 nitrogen and oxygen atoms in total. The molecule has 160 valence electrons. The lowest BCUT2D eigenvalue weighted by atomic mass is 10.1. The van der Waals surface area contributed by atoms with Crippen molar-refractivity contribution in [2.24, 2.45) is 0 Å². The average Bonchev–Trinajstić information content (AvgIpc) is 2.76. The van der Waals surface area contributed by atoms with Crippen LogP contribution in [0.4, 0.5) is 11.4 Å². The second-order valence-electron chi connectivity index (χ2n) is 7.26. The lowest BCUT2D eigenvalue weighted by molar-refractivity contribution is -0.141. The van der Waals surface area contributed by atoms with Crippen LogP contribution in [0.1, 0.15) is 12.5 Å². The van der Waals surface area contributed by atoms with Gasteiger partial charge in [-0.3, -0.25) is 4.79 Å². The number of nitrogens with zero attached hydrogens (tertiary/aromatic N) is 1. The number of nitrogens with one attached hydrogen (secondary N) is 1. The molecule has 0 saturated carbocycles. The summed E-state index contributed by atoms with van der Waals surface area (Å²) in [6.45, 7) is 1.98. The van der Waals surface area contributed by atoms with Gasteiger partial charge in [-0.05, 0) is 18.1 Å². The van der Waals surface area contributed by atoms with Gasteiger partial charge in [-0.1, -0.05) is 30.3 Å². The Morgan fingerprint density at radius 1 is 1.23 bits per heavy atom. The van der Waals surface area contributed by atoms with E-state index in [0.29, 0.717) is 29.0 Å². The fourth-order valence-corrected chi connectivity index (χ4v) is 4.92. The van der Waals surface area contributed by atoms with Gasteiger partial charge < -0.3 is 19.4 Å². The van der Waals surface area contributed by atoms with Crippen LogP contribution in [0.25, 0.3) is 11.0 Å². The summed E-state index contributed by atoms with van der Waals surface area (Å²) in [6.07, 6.45) is 0.742. The summed E-state index contributed by atoms with van der Waals surface area (Å²) < 4.78 is 10.5. The van der Waals surface area contributed by atoms with Crippen molar-refractivity contribution in [2.75, 3.05) is 29.6 Å². The number of amides is 1. The lowest BCUT2D eigenvalue weighted by Crippen LogP contribution is -2.47. The molecule has 1 aromatic heterocycles. The second kappa shape index (κ2) is 8.85. The van der Waals surface area contributed by atoms with Crippen molar-refractivity contribution in [3.05, 3.63) is 64.5 Å². The molecular formula is C23H22N2O5S. The molecule has 3 aromatic rings. The molecule has 0 radical (unpaired) electrons. The van der Waals surface area contributed by atoms with Crippen molar-refractivity contribution in [3.8, 4) is 0 Å². The molecule has 1 aliphatic heterocycles. The zero-order valence-corrected chi connectivity index (χ0v) is 18.0. The van der Waals surface area contributed by atoms with E-state index >= 15 is 0 Å². The fourth-order valence-electron chi connectivity index (χ4n) is 3.74. The first kappa shape index (κ1) is 21.0. The van der Waals surface area contributed by atoms with Crippen LogP contribution in [0.5, 0.6) is 0 Å². The summed E-state index contributed by atoms with van der Waals surface area (Å²) in [5, 5.41) is 3.33. The van der Waals surface area contributed by atoms with Gasteiger partial charge in [0.15, 0.2) is 0 Å². The monoisotopic (exact) mass is 438 g/mol. The molecule has 1 unspecified atom stereocenters. The maximum atomic E-state index is 12.5. The van der Waals surface area contributed by atoms with Crippen molar-refractivity contribution in [3.63, 3.8) is 0 Å². The first-order chi connectivity index (χ1) is 15.0. The summed E-state index contributed by atoms with van der Waals surface area (Å²) in [4.78, 5) is 39.1. The molecular weight excluding hydrogens is 416 g/mol. The molecule has 0 saturated heterocycles. The highest BCUT2D eigenvalue weighted by Crippen LogP contribution is 2.41. The minimum absolute atomic E-state index is 0.271. The first-order valence-electron chi connectivity index (χ1n) is 9.87. The Morgan fingerprint density at radius 3 is 2.71 bits per heavy atom. The number of esters is 1. The highest BCUT2D eigenvalue weighted by atomic mass is 32.2. The maximum Gasteiger partial charge on any atom is 0.338 e. The predicted molar refractivity (Wildman–Crippen MR) is 121 cm³/mol. The summed E-state index contributed by atoms with van der Waals surface area (Å²) in [7, 11) is 1.39. The van der Waals surface area contributed by atoms with Gasteiger partial charge in [0.05, 0.1) is 18.5 Å². The van der Waals surface area contributed by atoms with Gasteiger partial charge in [0.2, 0.25) is 5.91 Å². The summed E-state index contributed by atoms with van der Waals surface area (Å²) >= 11 is 1.54. The van der Waals surface area contributed by atoms with E-state index in [4.69, 9.17) is 9.15 Å². The van der Waals surface area contributed by atoms with Crippen LogP contribution in [0, 0.1) is 0 Å². The SMILES string of the molecule is COC(=O)C1CSc2cc3c(NC(C)=O)cc(=O)oc3cc2N1CCc1ccccc1. The standard InChI is InChI=1S/C23H22N2O5S/c1-14(26)24-17-11-22(27)30-20-12-18-21(10-16(17)20)31-13-19(23(28)29-2)25(18)9-8-15-6-4-3-5-7-15/h3-7,10-12,19H,8-9,13H2,1-2H3,(H,24,26). The van der Waals surface area contributed by atoms with E-state index in [1.807, 2.05) is 41.3 Å². The number of anilines is 2. The fraction of sp³-hybridized carbons (Fsp3) is 0.261. The van der Waals surface area contributed by atoms with E-state index in [2.05, 4.69) is 5.32 Å². The summed E-state index contributed by atoms with van der Waals surface area (Å²) in [5.41, 5.74) is 2.17. The highest BCUT2D eigenvalue weighted by Gasteiger charge is 2.33. The number of rotatable bonds is 5. The van der Waals surface area contributed by atoms with E-state index in [0.717, 1.165) is 22.6 Å². The number of carbonyl (C=O) groups is 2. The molecule has 4 rings (SSSR count). The Balaban J connectivity index is 1.78. The predicted octanol–water partition coefficient (Wildman–Crippen LogP) is 3.45. The molecule has 8 heteroatoms. The van der Waals surface area contributed by atoms with Gasteiger partial charge in [-0.25, -0.2) is 9.59 Å². The van der Waals surface area contributed by atoms with Gasteiger partial charge >= 0.3 is 11.6 Å². The van der Waals surface area contributed by atoms with Gasteiger partial charge in [-0.2, -0.15) is 0 Å². The first-order valence-corrected chi connectivity index (χ1v) is 10.9. The highest BCUT2D eigenvalue weighted by molar-refractivity contribution is 7.99. The van der Waals surface area contributed by atoms with E-state index in [1.165, 1.54) is 31.9 Å². The Bertz CT molecular complexity index is 1190. The summed E-state index contributed by atoms with van der Waals surface area (Å²) in [6, 6.07) is 14.5. The molecule has 1 N–H and O–H groups in total. The van der Waals surface area contributed by atoms with Gasteiger partial charge in [0.25, 0.3) is 0 Å². The number of carbonyl (C=O) groups excluding carboxylic acids is 2. The lowest BCUT2D eigenvalue weighted by Gasteiger charge is -2.37. The van der Waals surface area contributed by atoms with Crippen LogP contribution in [-0.2, 0) is 20.7 Å². The van der Waals surface area contributed by atoms with E-state index in [1.54, 1.807) is 6.07 Å². The molecule has 0 aliphatic carbocycles. The van der Waals surface area contributed by atoms with Crippen LogP contribution >= 0.6 is 11.8 Å². The maximum absolute atomic E-state index is 12.5. The smallest absolute Gasteiger partial charge is 0.338 e. The second-order valence-corrected chi connectivity index (χ2v) is 8.32. The quantitative estimate of drug-likeness (QED) is 0.482. The molecule has 0 bridgehead atoms. The Kier molecular flexibility index (Phi) is 5.99. The average molecular weight is 439 g/mol. The minimum atomic E-state index is -0.556. The third-order valence-corrected chi connectivity index (χ3v) is 6.29. The Labute approximate surface area is 183 Å². The van der Waals surface area contributed by atoms with Gasteiger partial charge in [-0.15, -0.1) is 11.8 Å². The van der Waals surface area contributed by atoms with E-state index in [-0.39, 0.29) is 11.9 Å². The number of thioether (sulfide) groups is 1. The molecule has 31 heavy (non-hydrogen) atoms. The molecule has 1 atom stereocenters. The third-order valence-electron chi connectivity index (χ3n) is 5.17.